The van der Waals surface area contributed by atoms with Gasteiger partial charge in [-0.1, -0.05) is 11.3 Å². The van der Waals surface area contributed by atoms with E-state index in [1.807, 2.05) is 42.2 Å². The highest BCUT2D eigenvalue weighted by Crippen LogP contribution is 2.22. The molecular formula is C19H22N6O. The Labute approximate surface area is 151 Å². The minimum Gasteiger partial charge on any atom is -0.333 e. The van der Waals surface area contributed by atoms with Gasteiger partial charge in [0.25, 0.3) is 5.91 Å². The zero-order valence-electron chi connectivity index (χ0n) is 14.8. The summed E-state index contributed by atoms with van der Waals surface area (Å²) in [7, 11) is 0. The average molecular weight is 350 g/mol. The van der Waals surface area contributed by atoms with Gasteiger partial charge in [0, 0.05) is 30.7 Å². The first-order chi connectivity index (χ1) is 12.7. The molecule has 2 aromatic heterocycles. The fraction of sp³-hybridized carbons (Fsp3) is 0.368. The summed E-state index contributed by atoms with van der Waals surface area (Å²) in [5, 5.41) is 9.43. The van der Waals surface area contributed by atoms with E-state index in [1.54, 1.807) is 10.9 Å². The molecule has 1 atom stereocenters. The van der Waals surface area contributed by atoms with Gasteiger partial charge in [-0.25, -0.2) is 4.68 Å². The van der Waals surface area contributed by atoms with Crippen LogP contribution in [-0.4, -0.2) is 49.9 Å². The number of nitrogens with two attached hydrogens (primary N) is 1. The molecule has 0 spiro atoms. The summed E-state index contributed by atoms with van der Waals surface area (Å²) in [5.74, 6) is -0.0774. The number of piperidine rings is 1. The van der Waals surface area contributed by atoms with Gasteiger partial charge in [-0.05, 0) is 50.5 Å². The number of rotatable bonds is 3. The van der Waals surface area contributed by atoms with Gasteiger partial charge in [-0.3, -0.25) is 9.78 Å². The summed E-state index contributed by atoms with van der Waals surface area (Å²) in [4.78, 5) is 19.2. The summed E-state index contributed by atoms with van der Waals surface area (Å²) >= 11 is 0. The Hall–Kier alpha value is -2.80. The highest BCUT2D eigenvalue weighted by atomic mass is 16.2. The van der Waals surface area contributed by atoms with Crippen LogP contribution >= 0.6 is 0 Å². The maximum absolute atomic E-state index is 13.0. The van der Waals surface area contributed by atoms with Crippen molar-refractivity contribution in [3.63, 3.8) is 0 Å². The monoisotopic (exact) mass is 350 g/mol. The molecule has 1 aliphatic rings. The number of carbonyl (C=O) groups excluding carboxylic acids is 1. The highest BCUT2D eigenvalue weighted by Gasteiger charge is 2.29. The second kappa shape index (κ2) is 6.84. The van der Waals surface area contributed by atoms with E-state index in [9.17, 15) is 4.79 Å². The quantitative estimate of drug-likeness (QED) is 0.781. The molecule has 1 aliphatic heterocycles. The number of pyridine rings is 1. The minimum atomic E-state index is -0.0774. The lowest BCUT2D eigenvalue weighted by Gasteiger charge is -2.34. The normalized spacial score (nSPS) is 17.6. The second-order valence-corrected chi connectivity index (χ2v) is 6.70. The van der Waals surface area contributed by atoms with Crippen LogP contribution in [0.4, 0.5) is 0 Å². The third kappa shape index (κ3) is 2.84. The van der Waals surface area contributed by atoms with E-state index in [0.29, 0.717) is 12.2 Å². The Bertz CT molecular complexity index is 950. The lowest BCUT2D eigenvalue weighted by Crippen LogP contribution is -2.47. The Balaban J connectivity index is 1.68. The second-order valence-electron chi connectivity index (χ2n) is 6.70. The molecule has 0 saturated carbocycles. The molecule has 1 amide bonds. The Kier molecular flexibility index (Phi) is 4.38. The summed E-state index contributed by atoms with van der Waals surface area (Å²) in [5.41, 5.74) is 8.78. The van der Waals surface area contributed by atoms with E-state index >= 15 is 0 Å². The van der Waals surface area contributed by atoms with Crippen molar-refractivity contribution in [2.45, 2.75) is 32.2 Å². The van der Waals surface area contributed by atoms with Crippen molar-refractivity contribution < 1.29 is 4.79 Å². The molecule has 7 nitrogen and oxygen atoms in total. The molecule has 1 fully saturated rings. The molecule has 3 heterocycles. The topological polar surface area (TPSA) is 89.9 Å². The molecule has 7 heteroatoms. The first-order valence-corrected chi connectivity index (χ1v) is 8.97. The molecule has 1 saturated heterocycles. The summed E-state index contributed by atoms with van der Waals surface area (Å²) in [6, 6.07) is 9.88. The first kappa shape index (κ1) is 16.7. The van der Waals surface area contributed by atoms with Gasteiger partial charge in [0.1, 0.15) is 0 Å². The molecule has 4 rings (SSSR count). The number of fused-ring (bicyclic) bond motifs is 1. The van der Waals surface area contributed by atoms with Gasteiger partial charge >= 0.3 is 0 Å². The number of likely N-dealkylation sites (tertiary alicyclic amines) is 1. The molecule has 0 radical (unpaired) electrons. The number of nitrogens with zero attached hydrogens (tertiary/aromatic N) is 5. The van der Waals surface area contributed by atoms with Crippen LogP contribution in [0.15, 0.2) is 36.5 Å². The zero-order valence-corrected chi connectivity index (χ0v) is 14.8. The minimum absolute atomic E-state index is 0.0774. The van der Waals surface area contributed by atoms with Gasteiger partial charge in [0.05, 0.1) is 16.9 Å². The molecule has 1 unspecified atom stereocenters. The van der Waals surface area contributed by atoms with Crippen LogP contribution in [0.2, 0.25) is 0 Å². The van der Waals surface area contributed by atoms with Crippen molar-refractivity contribution in [2.24, 2.45) is 5.73 Å². The molecule has 0 aliphatic carbocycles. The van der Waals surface area contributed by atoms with E-state index in [-0.39, 0.29) is 11.9 Å². The molecule has 3 aromatic rings. The standard InChI is InChI=1S/C19H22N6O/c1-13-18(19(26)24-10-3-2-6-16(24)12-20)22-23-25(13)15-7-8-17-14(11-15)5-4-9-21-17/h4-5,7-9,11,16H,2-3,6,10,12,20H2,1H3. The van der Waals surface area contributed by atoms with Crippen molar-refractivity contribution in [3.05, 3.63) is 47.9 Å². The largest absolute Gasteiger partial charge is 0.333 e. The van der Waals surface area contributed by atoms with Crippen molar-refractivity contribution >= 4 is 16.8 Å². The van der Waals surface area contributed by atoms with Crippen molar-refractivity contribution in [1.82, 2.24) is 24.9 Å². The van der Waals surface area contributed by atoms with Crippen LogP contribution in [-0.2, 0) is 0 Å². The third-order valence-electron chi connectivity index (χ3n) is 5.09. The summed E-state index contributed by atoms with van der Waals surface area (Å²) in [6.45, 7) is 3.09. The predicted molar refractivity (Wildman–Crippen MR) is 99.1 cm³/mol. The van der Waals surface area contributed by atoms with Gasteiger partial charge in [-0.2, -0.15) is 0 Å². The molecule has 2 N–H and O–H groups in total. The first-order valence-electron chi connectivity index (χ1n) is 8.97. The van der Waals surface area contributed by atoms with Crippen LogP contribution in [0.1, 0.15) is 35.4 Å². The van der Waals surface area contributed by atoms with E-state index in [0.717, 1.165) is 48.1 Å². The molecule has 0 bridgehead atoms. The lowest BCUT2D eigenvalue weighted by atomic mass is 10.0. The Morgan fingerprint density at radius 3 is 3.04 bits per heavy atom. The highest BCUT2D eigenvalue weighted by molar-refractivity contribution is 5.93. The maximum Gasteiger partial charge on any atom is 0.276 e. The number of aromatic nitrogens is 4. The van der Waals surface area contributed by atoms with E-state index in [1.165, 1.54) is 0 Å². The molecular weight excluding hydrogens is 328 g/mol. The number of hydrogen-bond acceptors (Lipinski definition) is 5. The fourth-order valence-corrected chi connectivity index (χ4v) is 3.62. The predicted octanol–water partition coefficient (Wildman–Crippen LogP) is 2.08. The van der Waals surface area contributed by atoms with Crippen LogP contribution < -0.4 is 5.73 Å². The molecule has 1 aromatic carbocycles. The van der Waals surface area contributed by atoms with Crippen molar-refractivity contribution in [3.8, 4) is 5.69 Å². The van der Waals surface area contributed by atoms with Gasteiger partial charge in [0.15, 0.2) is 5.69 Å². The maximum atomic E-state index is 13.0. The zero-order chi connectivity index (χ0) is 18.1. The van der Waals surface area contributed by atoms with E-state index < -0.39 is 0 Å². The smallest absolute Gasteiger partial charge is 0.276 e. The SMILES string of the molecule is Cc1c(C(=O)N2CCCCC2CN)nnn1-c1ccc2ncccc2c1. The van der Waals surface area contributed by atoms with Gasteiger partial charge in [-0.15, -0.1) is 5.10 Å². The molecule has 26 heavy (non-hydrogen) atoms. The van der Waals surface area contributed by atoms with Crippen LogP contribution in [0.25, 0.3) is 16.6 Å². The number of carbonyl (C=O) groups is 1. The Morgan fingerprint density at radius 1 is 1.31 bits per heavy atom. The summed E-state index contributed by atoms with van der Waals surface area (Å²) in [6.07, 6.45) is 4.84. The van der Waals surface area contributed by atoms with Crippen LogP contribution in [0, 0.1) is 6.92 Å². The fourth-order valence-electron chi connectivity index (χ4n) is 3.62. The van der Waals surface area contributed by atoms with Crippen molar-refractivity contribution in [1.29, 1.82) is 0 Å². The van der Waals surface area contributed by atoms with Crippen LogP contribution in [0.3, 0.4) is 0 Å². The van der Waals surface area contributed by atoms with Gasteiger partial charge in [0.2, 0.25) is 0 Å². The Morgan fingerprint density at radius 2 is 2.19 bits per heavy atom. The molecule has 134 valence electrons. The number of hydrogen-bond donors (Lipinski definition) is 1. The lowest BCUT2D eigenvalue weighted by molar-refractivity contribution is 0.0616. The van der Waals surface area contributed by atoms with Gasteiger partial charge < -0.3 is 10.6 Å². The number of amides is 1. The van der Waals surface area contributed by atoms with Crippen molar-refractivity contribution in [2.75, 3.05) is 13.1 Å². The summed E-state index contributed by atoms with van der Waals surface area (Å²) < 4.78 is 1.71. The number of benzene rings is 1. The third-order valence-corrected chi connectivity index (χ3v) is 5.09. The average Bonchev–Trinajstić information content (AvgIpc) is 3.08. The van der Waals surface area contributed by atoms with Crippen LogP contribution in [0.5, 0.6) is 0 Å². The van der Waals surface area contributed by atoms with E-state index in [4.69, 9.17) is 5.73 Å². The van der Waals surface area contributed by atoms with E-state index in [2.05, 4.69) is 15.3 Å².